The van der Waals surface area contributed by atoms with Gasteiger partial charge in [0.2, 0.25) is 0 Å². The van der Waals surface area contributed by atoms with Gasteiger partial charge in [0.25, 0.3) is 0 Å². The van der Waals surface area contributed by atoms with Crippen LogP contribution >= 0.6 is 15.9 Å². The molecule has 0 saturated carbocycles. The molecule has 2 nitrogen and oxygen atoms in total. The van der Waals surface area contributed by atoms with Crippen LogP contribution in [0.15, 0.2) is 22.7 Å². The fraction of sp³-hybridized carbons (Fsp3) is 0.455. The normalized spacial score (nSPS) is 12.6. The molecule has 0 heterocycles. The van der Waals surface area contributed by atoms with Crippen LogP contribution in [-0.4, -0.2) is 17.8 Å². The first-order chi connectivity index (χ1) is 6.63. The van der Waals surface area contributed by atoms with Crippen LogP contribution in [0, 0.1) is 6.92 Å². The van der Waals surface area contributed by atoms with E-state index in [2.05, 4.69) is 21.2 Å². The minimum absolute atomic E-state index is 0.270. The second-order valence-electron chi connectivity index (χ2n) is 3.40. The molecule has 0 bridgehead atoms. The molecule has 0 aliphatic rings. The van der Waals surface area contributed by atoms with Gasteiger partial charge >= 0.3 is 0 Å². The molecular weight excluding hydrogens is 242 g/mol. The molecule has 0 spiro atoms. The van der Waals surface area contributed by atoms with E-state index in [-0.39, 0.29) is 6.10 Å². The average Bonchev–Trinajstić information content (AvgIpc) is 2.19. The van der Waals surface area contributed by atoms with Gasteiger partial charge in [-0.25, -0.2) is 0 Å². The van der Waals surface area contributed by atoms with Gasteiger partial charge in [-0.05, 0) is 31.0 Å². The summed E-state index contributed by atoms with van der Waals surface area (Å²) >= 11 is 3.42. The summed E-state index contributed by atoms with van der Waals surface area (Å²) in [6.45, 7) is 4.63. The number of aryl methyl sites for hydroxylation is 1. The topological polar surface area (TPSA) is 32.3 Å². The SMILES string of the molecule is CCC(O)CNc1cc(Br)ccc1C. The Bertz CT molecular complexity index is 301. The molecule has 0 aromatic heterocycles. The van der Waals surface area contributed by atoms with Crippen molar-refractivity contribution in [3.8, 4) is 0 Å². The molecule has 0 aliphatic heterocycles. The van der Waals surface area contributed by atoms with Crippen molar-refractivity contribution in [3.63, 3.8) is 0 Å². The number of benzene rings is 1. The van der Waals surface area contributed by atoms with Crippen molar-refractivity contribution in [2.24, 2.45) is 0 Å². The highest BCUT2D eigenvalue weighted by Gasteiger charge is 2.02. The standard InChI is InChI=1S/C11H16BrNO/c1-3-10(14)7-13-11-6-9(12)5-4-8(11)2/h4-6,10,13-14H,3,7H2,1-2H3. The molecule has 1 aromatic carbocycles. The molecule has 0 saturated heterocycles. The second-order valence-corrected chi connectivity index (χ2v) is 4.32. The van der Waals surface area contributed by atoms with E-state index in [4.69, 9.17) is 0 Å². The van der Waals surface area contributed by atoms with Gasteiger partial charge in [-0.15, -0.1) is 0 Å². The first-order valence-electron chi connectivity index (χ1n) is 4.81. The van der Waals surface area contributed by atoms with Crippen LogP contribution in [0.4, 0.5) is 5.69 Å². The zero-order valence-electron chi connectivity index (χ0n) is 8.55. The molecule has 1 aromatic rings. The lowest BCUT2D eigenvalue weighted by Gasteiger charge is -2.13. The predicted molar refractivity (Wildman–Crippen MR) is 63.7 cm³/mol. The third kappa shape index (κ3) is 3.31. The Morgan fingerprint density at radius 1 is 1.50 bits per heavy atom. The van der Waals surface area contributed by atoms with Crippen LogP contribution in [0.2, 0.25) is 0 Å². The van der Waals surface area contributed by atoms with E-state index in [9.17, 15) is 5.11 Å². The van der Waals surface area contributed by atoms with E-state index in [0.717, 1.165) is 16.6 Å². The number of halogens is 1. The molecule has 1 atom stereocenters. The van der Waals surface area contributed by atoms with Crippen molar-refractivity contribution in [3.05, 3.63) is 28.2 Å². The molecule has 1 unspecified atom stereocenters. The summed E-state index contributed by atoms with van der Waals surface area (Å²) in [5.41, 5.74) is 2.27. The van der Waals surface area contributed by atoms with Crippen LogP contribution in [0.3, 0.4) is 0 Å². The Morgan fingerprint density at radius 3 is 2.86 bits per heavy atom. The lowest BCUT2D eigenvalue weighted by molar-refractivity contribution is 0.183. The summed E-state index contributed by atoms with van der Waals surface area (Å²) in [5, 5.41) is 12.6. The van der Waals surface area contributed by atoms with Gasteiger partial charge in [0.05, 0.1) is 6.10 Å². The van der Waals surface area contributed by atoms with Crippen molar-refractivity contribution < 1.29 is 5.11 Å². The van der Waals surface area contributed by atoms with E-state index in [1.807, 2.05) is 32.0 Å². The zero-order chi connectivity index (χ0) is 10.6. The van der Waals surface area contributed by atoms with Gasteiger partial charge in [0, 0.05) is 16.7 Å². The fourth-order valence-corrected chi connectivity index (χ4v) is 1.52. The number of rotatable bonds is 4. The molecule has 1 rings (SSSR count). The van der Waals surface area contributed by atoms with Crippen LogP contribution in [0.1, 0.15) is 18.9 Å². The predicted octanol–water partition coefficient (Wildman–Crippen LogP) is 2.94. The van der Waals surface area contributed by atoms with Crippen molar-refractivity contribution in [1.29, 1.82) is 0 Å². The van der Waals surface area contributed by atoms with E-state index >= 15 is 0 Å². The van der Waals surface area contributed by atoms with Crippen molar-refractivity contribution >= 4 is 21.6 Å². The minimum atomic E-state index is -0.270. The van der Waals surface area contributed by atoms with Gasteiger partial charge in [0.15, 0.2) is 0 Å². The van der Waals surface area contributed by atoms with Crippen LogP contribution < -0.4 is 5.32 Å². The Kier molecular flexibility index (Phi) is 4.42. The summed E-state index contributed by atoms with van der Waals surface area (Å²) in [6, 6.07) is 6.08. The van der Waals surface area contributed by atoms with Crippen LogP contribution in [-0.2, 0) is 0 Å². The largest absolute Gasteiger partial charge is 0.391 e. The molecule has 14 heavy (non-hydrogen) atoms. The van der Waals surface area contributed by atoms with Gasteiger partial charge < -0.3 is 10.4 Å². The van der Waals surface area contributed by atoms with E-state index in [1.165, 1.54) is 5.56 Å². The number of hydrogen-bond donors (Lipinski definition) is 2. The van der Waals surface area contributed by atoms with E-state index in [1.54, 1.807) is 0 Å². The summed E-state index contributed by atoms with van der Waals surface area (Å²) in [6.07, 6.45) is 0.508. The van der Waals surface area contributed by atoms with E-state index in [0.29, 0.717) is 6.54 Å². The highest BCUT2D eigenvalue weighted by atomic mass is 79.9. The maximum absolute atomic E-state index is 9.41. The molecule has 78 valence electrons. The summed E-state index contributed by atoms with van der Waals surface area (Å²) in [4.78, 5) is 0. The fourth-order valence-electron chi connectivity index (χ4n) is 1.16. The highest BCUT2D eigenvalue weighted by Crippen LogP contribution is 2.20. The Balaban J connectivity index is 2.62. The first-order valence-corrected chi connectivity index (χ1v) is 5.61. The average molecular weight is 258 g/mol. The molecular formula is C11H16BrNO. The summed E-state index contributed by atoms with van der Waals surface area (Å²) in [5.74, 6) is 0. The molecule has 0 radical (unpaired) electrons. The molecule has 3 heteroatoms. The van der Waals surface area contributed by atoms with Gasteiger partial charge in [-0.3, -0.25) is 0 Å². The third-order valence-electron chi connectivity index (χ3n) is 2.20. The Hall–Kier alpha value is -0.540. The van der Waals surface area contributed by atoms with Gasteiger partial charge in [-0.2, -0.15) is 0 Å². The quantitative estimate of drug-likeness (QED) is 0.870. The Labute approximate surface area is 93.5 Å². The Morgan fingerprint density at radius 2 is 2.21 bits per heavy atom. The maximum atomic E-state index is 9.41. The molecule has 0 aliphatic carbocycles. The number of aliphatic hydroxyl groups excluding tert-OH is 1. The lowest BCUT2D eigenvalue weighted by Crippen LogP contribution is -2.18. The first kappa shape index (κ1) is 11.5. The van der Waals surface area contributed by atoms with Gasteiger partial charge in [0.1, 0.15) is 0 Å². The molecule has 0 fully saturated rings. The summed E-state index contributed by atoms with van der Waals surface area (Å²) in [7, 11) is 0. The number of anilines is 1. The number of hydrogen-bond acceptors (Lipinski definition) is 2. The van der Waals surface area contributed by atoms with Gasteiger partial charge in [-0.1, -0.05) is 28.9 Å². The zero-order valence-corrected chi connectivity index (χ0v) is 10.1. The monoisotopic (exact) mass is 257 g/mol. The van der Waals surface area contributed by atoms with Crippen LogP contribution in [0.5, 0.6) is 0 Å². The smallest absolute Gasteiger partial charge is 0.0709 e. The molecule has 2 N–H and O–H groups in total. The highest BCUT2D eigenvalue weighted by molar-refractivity contribution is 9.10. The summed E-state index contributed by atoms with van der Waals surface area (Å²) < 4.78 is 1.05. The van der Waals surface area contributed by atoms with Crippen molar-refractivity contribution in [1.82, 2.24) is 0 Å². The van der Waals surface area contributed by atoms with Crippen LogP contribution in [0.25, 0.3) is 0 Å². The third-order valence-corrected chi connectivity index (χ3v) is 2.69. The molecule has 0 amide bonds. The number of aliphatic hydroxyl groups is 1. The van der Waals surface area contributed by atoms with E-state index < -0.39 is 0 Å². The second kappa shape index (κ2) is 5.37. The minimum Gasteiger partial charge on any atom is -0.391 e. The number of nitrogens with one attached hydrogen (secondary N) is 1. The lowest BCUT2D eigenvalue weighted by atomic mass is 10.2. The maximum Gasteiger partial charge on any atom is 0.0709 e. The van der Waals surface area contributed by atoms with Crippen molar-refractivity contribution in [2.45, 2.75) is 26.4 Å². The van der Waals surface area contributed by atoms with Crippen molar-refractivity contribution in [2.75, 3.05) is 11.9 Å².